The lowest BCUT2D eigenvalue weighted by atomic mass is 9.80. The van der Waals surface area contributed by atoms with Gasteiger partial charge in [0.25, 0.3) is 0 Å². The first kappa shape index (κ1) is 71.2. The van der Waals surface area contributed by atoms with Gasteiger partial charge in [0, 0.05) is 45.3 Å². The molecule has 0 saturated heterocycles. The number of hydrogen-bond donors (Lipinski definition) is 5. The predicted octanol–water partition coefficient (Wildman–Crippen LogP) is 9.56. The smallest absolute Gasteiger partial charge is 0.337 e. The SMILES string of the molecule is CCN(CC)CC.COC(=O)c1ccc(CBr)c(CBr)c1.COC(=O)c1ccc2c(c1)C[C@@]1(C2)C(=O)Nc2ncnc(Cl)c21.COC(=O)c1ccc2c(c1)C[C@@]1(C2)C(=O)Nc2ncncc21.O=C(O)c1ccc2c(c1)C[C@@]1(C2)C(=O)Nc2ncncc21.O=C1Cc2c(Cl)ncnc2N1. The van der Waals surface area contributed by atoms with Gasteiger partial charge >= 0.3 is 23.9 Å². The van der Waals surface area contributed by atoms with E-state index in [-0.39, 0.29) is 52.7 Å². The molecule has 3 atom stereocenters. The summed E-state index contributed by atoms with van der Waals surface area (Å²) in [5, 5.41) is 22.2. The number of carboxylic acid groups (broad SMARTS) is 1. The molecule has 7 aliphatic rings. The Hall–Kier alpha value is -9.54. The molecule has 506 valence electrons. The predicted molar refractivity (Wildman–Crippen MR) is 369 cm³/mol. The highest BCUT2D eigenvalue weighted by Crippen LogP contribution is 2.50. The maximum atomic E-state index is 12.6. The zero-order valence-corrected chi connectivity index (χ0v) is 58.5. The van der Waals surface area contributed by atoms with E-state index in [2.05, 4.69) is 123 Å². The average Bonchev–Trinajstić information content (AvgIpc) is 1.59. The van der Waals surface area contributed by atoms with Crippen molar-refractivity contribution in [1.29, 1.82) is 0 Å². The van der Waals surface area contributed by atoms with Crippen molar-refractivity contribution >= 4 is 126 Å². The van der Waals surface area contributed by atoms with Gasteiger partial charge in [0.2, 0.25) is 23.6 Å². The van der Waals surface area contributed by atoms with Crippen molar-refractivity contribution in [3.8, 4) is 0 Å². The van der Waals surface area contributed by atoms with Crippen LogP contribution in [0.4, 0.5) is 23.3 Å². The number of anilines is 4. The Morgan fingerprint density at radius 2 is 0.888 bits per heavy atom. The van der Waals surface area contributed by atoms with Crippen LogP contribution in [0.3, 0.4) is 0 Å². The highest BCUT2D eigenvalue weighted by atomic mass is 79.9. The first-order chi connectivity index (χ1) is 47.1. The Kier molecular flexibility index (Phi) is 22.2. The number of aromatic carboxylic acids is 1. The molecule has 0 bridgehead atoms. The Bertz CT molecular complexity index is 4500. The summed E-state index contributed by atoms with van der Waals surface area (Å²) < 4.78 is 14.1. The second-order valence-electron chi connectivity index (χ2n) is 23.4. The third kappa shape index (κ3) is 14.3. The van der Waals surface area contributed by atoms with E-state index in [9.17, 15) is 38.4 Å². The Balaban J connectivity index is 0.000000132. The summed E-state index contributed by atoms with van der Waals surface area (Å²) in [6.45, 7) is 10.1. The number of nitrogens with one attached hydrogen (secondary N) is 4. The molecule has 4 aliphatic heterocycles. The van der Waals surface area contributed by atoms with Crippen LogP contribution in [0.1, 0.15) is 129 Å². The minimum atomic E-state index is -0.960. The molecule has 0 unspecified atom stereocenters. The zero-order chi connectivity index (χ0) is 70.2. The molecule has 25 nitrogen and oxygen atoms in total. The molecule has 0 saturated carbocycles. The number of halogens is 4. The number of ether oxygens (including phenoxy) is 3. The molecular weight excluding hydrogens is 1430 g/mol. The highest BCUT2D eigenvalue weighted by Gasteiger charge is 2.54. The summed E-state index contributed by atoms with van der Waals surface area (Å²) in [5.41, 5.74) is 10.8. The monoisotopic (exact) mass is 1500 g/mol. The van der Waals surface area contributed by atoms with Crippen LogP contribution in [0.2, 0.25) is 10.3 Å². The molecule has 8 aromatic rings. The van der Waals surface area contributed by atoms with Crippen molar-refractivity contribution in [2.75, 3.05) is 62.2 Å². The molecule has 8 heterocycles. The zero-order valence-electron chi connectivity index (χ0n) is 53.9. The third-order valence-electron chi connectivity index (χ3n) is 18.1. The standard InChI is InChI=1S/C16H12ClN3O3.C16H13N3O3.C15H11N3O3.C10H10Br2O2.C6H4ClN3O.C6H15N/c1-23-14(21)8-2-3-9-5-16(6-10(9)4-8)11-12(17)18-7-19-13(11)20-15(16)22;1-22-14(20)9-2-3-10-5-16(6-11(10)4-9)12-7-17-8-18-13(12)19-15(16)21;19-13(20)8-1-2-9-4-15(5-10(9)3-8)11-6-16-7-17-12(11)18-14(15)21;1-14-10(13)7-2-3-8(5-11)9(4-7)6-12;7-5-3-1-4(11)10-6(3)9-2-8-5;1-4-7(5-2)6-3/h2-4,7H,5-6H2,1H3,(H,18,19,20,22);2-4,7-8H,5-6H2,1H3,(H,17,18,19,21);1-3,6-7H,4-5H2,(H,19,20)(H,16,17,18,21);2-4H,5-6H2,1H3;2H,1H2,(H,8,9,10,11);4-6H2,1-3H3/t2*16-;15-;;;/m111.../s1. The third-order valence-corrected chi connectivity index (χ3v) is 20.0. The van der Waals surface area contributed by atoms with Gasteiger partial charge in [-0.05, 0) is 151 Å². The van der Waals surface area contributed by atoms with Crippen LogP contribution in [0.15, 0.2) is 110 Å². The first-order valence-electron chi connectivity index (χ1n) is 30.8. The van der Waals surface area contributed by atoms with Crippen molar-refractivity contribution in [3.05, 3.63) is 210 Å². The topological polar surface area (TPSA) is 339 Å². The van der Waals surface area contributed by atoms with E-state index in [1.807, 2.05) is 30.3 Å². The van der Waals surface area contributed by atoms with Gasteiger partial charge in [-0.1, -0.05) is 100 Å². The lowest BCUT2D eigenvalue weighted by Crippen LogP contribution is -2.35. The number of fused-ring (bicyclic) bond motifs is 10. The van der Waals surface area contributed by atoms with Crippen molar-refractivity contribution in [1.82, 2.24) is 44.8 Å². The van der Waals surface area contributed by atoms with E-state index in [4.69, 9.17) is 37.8 Å². The Morgan fingerprint density at radius 1 is 0.490 bits per heavy atom. The summed E-state index contributed by atoms with van der Waals surface area (Å²) in [6.07, 6.45) is 12.3. The molecule has 4 aromatic carbocycles. The summed E-state index contributed by atoms with van der Waals surface area (Å²) in [6, 6.07) is 21.4. The Morgan fingerprint density at radius 3 is 1.35 bits per heavy atom. The number of nitrogens with zero attached hydrogens (tertiary/aromatic N) is 9. The number of rotatable bonds is 9. The molecule has 4 aromatic heterocycles. The number of carbonyl (C=O) groups is 8. The summed E-state index contributed by atoms with van der Waals surface area (Å²) in [7, 11) is 4.08. The van der Waals surface area contributed by atoms with E-state index < -0.39 is 28.2 Å². The van der Waals surface area contributed by atoms with Crippen LogP contribution < -0.4 is 21.3 Å². The van der Waals surface area contributed by atoms with Crippen molar-refractivity contribution in [2.24, 2.45) is 0 Å². The molecule has 15 rings (SSSR count). The number of methoxy groups -OCH3 is 3. The molecule has 3 spiro atoms. The van der Waals surface area contributed by atoms with E-state index in [1.54, 1.807) is 54.9 Å². The highest BCUT2D eigenvalue weighted by molar-refractivity contribution is 9.09. The minimum Gasteiger partial charge on any atom is -0.478 e. The van der Waals surface area contributed by atoms with Crippen LogP contribution in [0.25, 0.3) is 0 Å². The quantitative estimate of drug-likeness (QED) is 0.0388. The number of esters is 3. The summed E-state index contributed by atoms with van der Waals surface area (Å²) >= 11 is 18.7. The molecule has 0 fully saturated rings. The summed E-state index contributed by atoms with van der Waals surface area (Å²) in [4.78, 5) is 128. The normalized spacial score (nSPS) is 18.2. The van der Waals surface area contributed by atoms with Gasteiger partial charge in [0.05, 0.1) is 66.2 Å². The average molecular weight is 1500 g/mol. The van der Waals surface area contributed by atoms with Crippen molar-refractivity contribution < 1.29 is 57.7 Å². The number of carboxylic acids is 1. The number of amides is 4. The molecule has 29 heteroatoms. The maximum absolute atomic E-state index is 12.6. The van der Waals surface area contributed by atoms with E-state index in [1.165, 1.54) is 71.8 Å². The van der Waals surface area contributed by atoms with Gasteiger partial charge in [-0.3, -0.25) is 19.2 Å². The number of hydrogen-bond acceptors (Lipinski definition) is 20. The fraction of sp³-hybridized carbons (Fsp3) is 0.304. The first-order valence-corrected chi connectivity index (χ1v) is 33.8. The largest absolute Gasteiger partial charge is 0.478 e. The molecular formula is C69H65Br2Cl2N13O12. The van der Waals surface area contributed by atoms with Crippen LogP contribution in [0, 0.1) is 0 Å². The van der Waals surface area contributed by atoms with Gasteiger partial charge < -0.3 is 45.5 Å². The minimum absolute atomic E-state index is 0.0566. The number of carbonyl (C=O) groups excluding carboxylic acids is 7. The van der Waals surface area contributed by atoms with Crippen LogP contribution in [0.5, 0.6) is 0 Å². The fourth-order valence-electron chi connectivity index (χ4n) is 13.0. The van der Waals surface area contributed by atoms with Gasteiger partial charge in [-0.25, -0.2) is 59.0 Å². The molecule has 98 heavy (non-hydrogen) atoms. The van der Waals surface area contributed by atoms with Crippen molar-refractivity contribution in [2.45, 2.75) is 92.6 Å². The second-order valence-corrected chi connectivity index (χ2v) is 25.3. The number of aromatic nitrogens is 8. The number of benzene rings is 4. The van der Waals surface area contributed by atoms with E-state index in [0.29, 0.717) is 94.8 Å². The lowest BCUT2D eigenvalue weighted by molar-refractivity contribution is -0.121. The maximum Gasteiger partial charge on any atom is 0.337 e. The van der Waals surface area contributed by atoms with Gasteiger partial charge in [0.1, 0.15) is 58.9 Å². The number of alkyl halides is 2. The van der Waals surface area contributed by atoms with Gasteiger partial charge in [-0.15, -0.1) is 0 Å². The lowest BCUT2D eigenvalue weighted by Gasteiger charge is -2.20. The second kappa shape index (κ2) is 30.5. The van der Waals surface area contributed by atoms with Gasteiger partial charge in [-0.2, -0.15) is 0 Å². The molecule has 4 amide bonds. The summed E-state index contributed by atoms with van der Waals surface area (Å²) in [5.74, 6) is -0.243. The Labute approximate surface area is 589 Å². The van der Waals surface area contributed by atoms with Crippen LogP contribution >= 0.6 is 55.1 Å². The van der Waals surface area contributed by atoms with Crippen molar-refractivity contribution in [3.63, 3.8) is 0 Å². The molecule has 5 N–H and O–H groups in total. The molecule has 3 aliphatic carbocycles. The van der Waals surface area contributed by atoms with E-state index in [0.717, 1.165) is 60.7 Å². The fourth-order valence-corrected chi connectivity index (χ4v) is 14.5. The van der Waals surface area contributed by atoms with Gasteiger partial charge in [0.15, 0.2) is 0 Å². The van der Waals surface area contributed by atoms with Crippen LogP contribution in [-0.4, -0.2) is 138 Å². The molecule has 0 radical (unpaired) electrons. The van der Waals surface area contributed by atoms with E-state index >= 15 is 0 Å². The van der Waals surface area contributed by atoms with Crippen LogP contribution in [-0.2, 0) is 105 Å².